The number of hydrogen-bond acceptors (Lipinski definition) is 3. The quantitative estimate of drug-likeness (QED) is 0.911. The lowest BCUT2D eigenvalue weighted by molar-refractivity contribution is 0.497. The molecule has 17 heavy (non-hydrogen) atoms. The van der Waals surface area contributed by atoms with Gasteiger partial charge in [-0.05, 0) is 31.5 Å². The van der Waals surface area contributed by atoms with E-state index in [9.17, 15) is 8.42 Å². The van der Waals surface area contributed by atoms with Gasteiger partial charge in [-0.3, -0.25) is 0 Å². The van der Waals surface area contributed by atoms with Gasteiger partial charge in [-0.25, -0.2) is 8.42 Å². The van der Waals surface area contributed by atoms with Crippen LogP contribution in [-0.2, 0) is 9.84 Å². The third-order valence-electron chi connectivity index (χ3n) is 2.89. The summed E-state index contributed by atoms with van der Waals surface area (Å²) in [6.07, 6.45) is 1.50. The molecule has 0 aromatic heterocycles. The van der Waals surface area contributed by atoms with Gasteiger partial charge in [-0.1, -0.05) is 29.3 Å². The summed E-state index contributed by atoms with van der Waals surface area (Å²) >= 11 is 11.9. The molecule has 1 aliphatic heterocycles. The van der Waals surface area contributed by atoms with Crippen LogP contribution in [0.2, 0.25) is 10.0 Å². The number of sulfone groups is 1. The highest BCUT2D eigenvalue weighted by atomic mass is 35.5. The van der Waals surface area contributed by atoms with Gasteiger partial charge in [0.2, 0.25) is 0 Å². The van der Waals surface area contributed by atoms with Crippen molar-refractivity contribution in [2.75, 3.05) is 13.1 Å². The van der Waals surface area contributed by atoms with Crippen LogP contribution in [0.5, 0.6) is 0 Å². The molecule has 1 heterocycles. The first-order valence-corrected chi connectivity index (χ1v) is 7.72. The maximum absolute atomic E-state index is 12.4. The standard InChI is InChI=1S/C11H13Cl2NO2S/c12-9-4-1-5-10(13)11(9)17(15,16)8-3-2-6-14-7-8/h1,4-5,8,14H,2-3,6-7H2. The van der Waals surface area contributed by atoms with E-state index in [1.165, 1.54) is 0 Å². The Morgan fingerprint density at radius 3 is 2.41 bits per heavy atom. The zero-order valence-corrected chi connectivity index (χ0v) is 11.4. The van der Waals surface area contributed by atoms with Crippen molar-refractivity contribution in [1.29, 1.82) is 0 Å². The summed E-state index contributed by atoms with van der Waals surface area (Å²) in [5.41, 5.74) is 0. The molecule has 0 spiro atoms. The summed E-state index contributed by atoms with van der Waals surface area (Å²) in [7, 11) is -3.45. The topological polar surface area (TPSA) is 46.2 Å². The largest absolute Gasteiger partial charge is 0.315 e. The highest BCUT2D eigenvalue weighted by Crippen LogP contribution is 2.33. The molecule has 6 heteroatoms. The number of nitrogens with one attached hydrogen (secondary N) is 1. The van der Waals surface area contributed by atoms with E-state index in [0.717, 1.165) is 13.0 Å². The Labute approximate surface area is 111 Å². The van der Waals surface area contributed by atoms with Gasteiger partial charge >= 0.3 is 0 Å². The third-order valence-corrected chi connectivity index (χ3v) is 6.04. The third kappa shape index (κ3) is 2.60. The second-order valence-corrected chi connectivity index (χ2v) is 7.04. The number of halogens is 2. The average molecular weight is 294 g/mol. The van der Waals surface area contributed by atoms with Crippen molar-refractivity contribution in [3.05, 3.63) is 28.2 Å². The maximum atomic E-state index is 12.4. The van der Waals surface area contributed by atoms with Crippen molar-refractivity contribution in [2.24, 2.45) is 0 Å². The molecule has 1 atom stereocenters. The fourth-order valence-corrected chi connectivity index (χ4v) is 4.88. The minimum absolute atomic E-state index is 0.0667. The number of hydrogen-bond donors (Lipinski definition) is 1. The Bertz CT molecular complexity index is 490. The van der Waals surface area contributed by atoms with Crippen LogP contribution in [0.3, 0.4) is 0 Å². The SMILES string of the molecule is O=S(=O)(c1c(Cl)cccc1Cl)C1CCCNC1. The second kappa shape index (κ2) is 5.14. The summed E-state index contributed by atoms with van der Waals surface area (Å²) < 4.78 is 24.8. The Balaban J connectivity index is 2.44. The Kier molecular flexibility index (Phi) is 3.98. The van der Waals surface area contributed by atoms with Crippen molar-refractivity contribution in [3.63, 3.8) is 0 Å². The summed E-state index contributed by atoms with van der Waals surface area (Å²) in [6.45, 7) is 1.33. The highest BCUT2D eigenvalue weighted by molar-refractivity contribution is 7.92. The van der Waals surface area contributed by atoms with Crippen molar-refractivity contribution in [2.45, 2.75) is 23.0 Å². The van der Waals surface area contributed by atoms with Crippen molar-refractivity contribution in [1.82, 2.24) is 5.32 Å². The summed E-state index contributed by atoms with van der Waals surface area (Å²) in [4.78, 5) is 0.0667. The van der Waals surface area contributed by atoms with Crippen molar-refractivity contribution < 1.29 is 8.42 Å². The fraction of sp³-hybridized carbons (Fsp3) is 0.455. The van der Waals surface area contributed by atoms with E-state index in [-0.39, 0.29) is 14.9 Å². The normalized spacial score (nSPS) is 21.4. The van der Waals surface area contributed by atoms with E-state index >= 15 is 0 Å². The van der Waals surface area contributed by atoms with Crippen LogP contribution >= 0.6 is 23.2 Å². The minimum Gasteiger partial charge on any atom is -0.315 e. The zero-order chi connectivity index (χ0) is 12.5. The molecule has 3 nitrogen and oxygen atoms in total. The average Bonchev–Trinajstić information content (AvgIpc) is 2.29. The monoisotopic (exact) mass is 293 g/mol. The molecule has 1 aromatic rings. The molecule has 1 unspecified atom stereocenters. The van der Waals surface area contributed by atoms with Crippen LogP contribution in [0.25, 0.3) is 0 Å². The molecule has 1 saturated heterocycles. The molecule has 0 aliphatic carbocycles. The second-order valence-electron chi connectivity index (χ2n) is 4.06. The maximum Gasteiger partial charge on any atom is 0.185 e. The van der Waals surface area contributed by atoms with Gasteiger partial charge in [-0.15, -0.1) is 0 Å². The summed E-state index contributed by atoms with van der Waals surface area (Å²) in [6, 6.07) is 4.75. The predicted octanol–water partition coefficient (Wildman–Crippen LogP) is 2.52. The lowest BCUT2D eigenvalue weighted by Gasteiger charge is -2.23. The van der Waals surface area contributed by atoms with Gasteiger partial charge in [0.15, 0.2) is 9.84 Å². The lowest BCUT2D eigenvalue weighted by atomic mass is 10.2. The van der Waals surface area contributed by atoms with Crippen LogP contribution in [0, 0.1) is 0 Å². The fourth-order valence-electron chi connectivity index (χ4n) is 2.01. The number of rotatable bonds is 2. The molecule has 1 aromatic carbocycles. The Morgan fingerprint density at radius 2 is 1.88 bits per heavy atom. The molecule has 1 aliphatic rings. The number of piperidine rings is 1. The molecule has 0 radical (unpaired) electrons. The van der Waals surface area contributed by atoms with E-state index in [4.69, 9.17) is 23.2 Å². The van der Waals surface area contributed by atoms with Gasteiger partial charge in [0, 0.05) is 6.54 Å². The minimum atomic E-state index is -3.45. The first-order chi connectivity index (χ1) is 8.03. The van der Waals surface area contributed by atoms with Gasteiger partial charge in [-0.2, -0.15) is 0 Å². The van der Waals surface area contributed by atoms with E-state index in [2.05, 4.69) is 5.32 Å². The molecule has 2 rings (SSSR count). The van der Waals surface area contributed by atoms with Crippen LogP contribution in [0.15, 0.2) is 23.1 Å². The molecule has 0 bridgehead atoms. The Morgan fingerprint density at radius 1 is 1.24 bits per heavy atom. The van der Waals surface area contributed by atoms with Gasteiger partial charge in [0.25, 0.3) is 0 Å². The number of benzene rings is 1. The van der Waals surface area contributed by atoms with Crippen LogP contribution in [0.1, 0.15) is 12.8 Å². The molecular weight excluding hydrogens is 281 g/mol. The first kappa shape index (κ1) is 13.1. The zero-order valence-electron chi connectivity index (χ0n) is 9.12. The van der Waals surface area contributed by atoms with E-state index in [1.54, 1.807) is 18.2 Å². The molecule has 0 amide bonds. The van der Waals surface area contributed by atoms with Crippen molar-refractivity contribution in [3.8, 4) is 0 Å². The Hall–Kier alpha value is -0.290. The van der Waals surface area contributed by atoms with Crippen LogP contribution in [-0.4, -0.2) is 26.8 Å². The molecule has 1 fully saturated rings. The highest BCUT2D eigenvalue weighted by Gasteiger charge is 2.32. The molecule has 94 valence electrons. The lowest BCUT2D eigenvalue weighted by Crippen LogP contribution is -2.38. The molecule has 1 N–H and O–H groups in total. The summed E-state index contributed by atoms with van der Waals surface area (Å²) in [5, 5.41) is 3.04. The smallest absolute Gasteiger partial charge is 0.185 e. The summed E-state index contributed by atoms with van der Waals surface area (Å²) in [5.74, 6) is 0. The van der Waals surface area contributed by atoms with E-state index in [1.807, 2.05) is 0 Å². The first-order valence-electron chi connectivity index (χ1n) is 5.42. The molecule has 0 saturated carbocycles. The van der Waals surface area contributed by atoms with Crippen molar-refractivity contribution >= 4 is 33.0 Å². The van der Waals surface area contributed by atoms with Crippen LogP contribution < -0.4 is 5.32 Å². The van der Waals surface area contributed by atoms with Gasteiger partial charge in [0.05, 0.1) is 15.3 Å². The molecular formula is C11H13Cl2NO2S. The predicted molar refractivity (Wildman–Crippen MR) is 69.5 cm³/mol. The van der Waals surface area contributed by atoms with Crippen LogP contribution in [0.4, 0.5) is 0 Å². The van der Waals surface area contributed by atoms with E-state index in [0.29, 0.717) is 13.0 Å². The van der Waals surface area contributed by atoms with E-state index < -0.39 is 15.1 Å². The van der Waals surface area contributed by atoms with Gasteiger partial charge in [0.1, 0.15) is 4.90 Å². The van der Waals surface area contributed by atoms with Gasteiger partial charge < -0.3 is 5.32 Å².